The number of nitrogens with one attached hydrogen (secondary N) is 3. The molecule has 1 amide bonds. The van der Waals surface area contributed by atoms with Crippen LogP contribution in [0.3, 0.4) is 0 Å². The van der Waals surface area contributed by atoms with Crippen LogP contribution in [0.2, 0.25) is 0 Å². The molecule has 3 rings (SSSR count). The van der Waals surface area contributed by atoms with Gasteiger partial charge in [-0.2, -0.15) is 0 Å². The van der Waals surface area contributed by atoms with Gasteiger partial charge in [0.05, 0.1) is 15.8 Å². The summed E-state index contributed by atoms with van der Waals surface area (Å²) in [6.07, 6.45) is 0.661. The van der Waals surface area contributed by atoms with Gasteiger partial charge >= 0.3 is 0 Å². The summed E-state index contributed by atoms with van der Waals surface area (Å²) in [5.74, 6) is -0.291. The number of ether oxygens (including phenoxy) is 1. The fraction of sp³-hybridized carbons (Fsp3) is 0.286. The Hall–Kier alpha value is -3.57. The van der Waals surface area contributed by atoms with E-state index < -0.39 is 4.92 Å². The second-order valence-corrected chi connectivity index (χ2v) is 7.37. The summed E-state index contributed by atoms with van der Waals surface area (Å²) in [7, 11) is 1.60. The summed E-state index contributed by atoms with van der Waals surface area (Å²) in [6, 6.07) is 10.8. The monoisotopic (exact) mass is 457 g/mol. The largest absolute Gasteiger partial charge is 0.385 e. The Morgan fingerprint density at radius 3 is 2.66 bits per heavy atom. The molecule has 0 saturated heterocycles. The quantitative estimate of drug-likeness (QED) is 0.185. The van der Waals surface area contributed by atoms with E-state index in [2.05, 4.69) is 15.6 Å². The topological polar surface area (TPSA) is 131 Å². The molecule has 0 spiro atoms. The number of anilines is 1. The van der Waals surface area contributed by atoms with E-state index in [-0.39, 0.29) is 17.2 Å². The Bertz CT molecular complexity index is 1240. The lowest BCUT2D eigenvalue weighted by Gasteiger charge is -2.10. The molecule has 3 N–H and O–H groups in total. The van der Waals surface area contributed by atoms with Gasteiger partial charge < -0.3 is 20.4 Å². The van der Waals surface area contributed by atoms with Gasteiger partial charge in [0, 0.05) is 56.7 Å². The van der Waals surface area contributed by atoms with E-state index >= 15 is 0 Å². The molecular formula is C21H23N5O5S. The number of rotatable bonds is 10. The third-order valence-electron chi connectivity index (χ3n) is 4.79. The summed E-state index contributed by atoms with van der Waals surface area (Å²) in [5, 5.41) is 17.0. The highest BCUT2D eigenvalue weighted by Crippen LogP contribution is 2.15. The minimum absolute atomic E-state index is 0.0148. The molecule has 3 aromatic rings. The lowest BCUT2D eigenvalue weighted by Crippen LogP contribution is -2.29. The van der Waals surface area contributed by atoms with Crippen molar-refractivity contribution in [2.45, 2.75) is 13.0 Å². The van der Waals surface area contributed by atoms with Crippen LogP contribution in [-0.4, -0.2) is 47.2 Å². The first-order chi connectivity index (χ1) is 15.4. The molecule has 168 valence electrons. The van der Waals surface area contributed by atoms with Crippen LogP contribution in [0.1, 0.15) is 16.8 Å². The van der Waals surface area contributed by atoms with Crippen LogP contribution < -0.4 is 16.2 Å². The summed E-state index contributed by atoms with van der Waals surface area (Å²) in [6.45, 7) is 1.75. The van der Waals surface area contributed by atoms with Crippen LogP contribution in [0.15, 0.2) is 47.3 Å². The third kappa shape index (κ3) is 5.56. The maximum absolute atomic E-state index is 12.7. The van der Waals surface area contributed by atoms with Crippen molar-refractivity contribution >= 4 is 40.4 Å². The van der Waals surface area contributed by atoms with E-state index in [1.54, 1.807) is 37.4 Å². The van der Waals surface area contributed by atoms with Crippen molar-refractivity contribution in [2.24, 2.45) is 0 Å². The number of benzene rings is 2. The minimum Gasteiger partial charge on any atom is -0.385 e. The number of aromatic nitrogens is 2. The maximum atomic E-state index is 12.7. The highest BCUT2D eigenvalue weighted by molar-refractivity contribution is 7.71. The molecule has 0 fully saturated rings. The molecule has 10 nitrogen and oxygen atoms in total. The number of carbonyl (C=O) groups excluding carboxylic acids is 1. The normalized spacial score (nSPS) is 10.8. The molecule has 0 aliphatic heterocycles. The molecule has 0 radical (unpaired) electrons. The molecule has 11 heteroatoms. The number of aromatic amines is 1. The first-order valence-corrected chi connectivity index (χ1v) is 10.3. The number of nitro groups is 1. The maximum Gasteiger partial charge on any atom is 0.269 e. The van der Waals surface area contributed by atoms with Crippen molar-refractivity contribution in [2.75, 3.05) is 32.1 Å². The third-order valence-corrected chi connectivity index (χ3v) is 5.11. The van der Waals surface area contributed by atoms with E-state index in [0.717, 1.165) is 0 Å². The van der Waals surface area contributed by atoms with Crippen molar-refractivity contribution in [3.63, 3.8) is 0 Å². The molecule has 0 atom stereocenters. The zero-order valence-corrected chi connectivity index (χ0v) is 18.2. The van der Waals surface area contributed by atoms with Crippen molar-refractivity contribution in [1.29, 1.82) is 0 Å². The van der Waals surface area contributed by atoms with Gasteiger partial charge in [0.1, 0.15) is 0 Å². The first-order valence-electron chi connectivity index (χ1n) is 9.93. The van der Waals surface area contributed by atoms with E-state index in [9.17, 15) is 19.7 Å². The second kappa shape index (κ2) is 10.6. The summed E-state index contributed by atoms with van der Waals surface area (Å²) < 4.78 is 6.80. The Kier molecular flexibility index (Phi) is 7.68. The summed E-state index contributed by atoms with van der Waals surface area (Å²) in [4.78, 5) is 38.4. The van der Waals surface area contributed by atoms with Crippen LogP contribution in [0, 0.1) is 14.9 Å². The molecule has 0 aliphatic carbocycles. The van der Waals surface area contributed by atoms with Gasteiger partial charge in [0.15, 0.2) is 4.77 Å². The average molecular weight is 458 g/mol. The number of hydrogen-bond donors (Lipinski definition) is 3. The Morgan fingerprint density at radius 1 is 1.22 bits per heavy atom. The molecule has 0 unspecified atom stereocenters. The summed E-state index contributed by atoms with van der Waals surface area (Å²) >= 11 is 5.30. The van der Waals surface area contributed by atoms with Crippen LogP contribution in [0.25, 0.3) is 10.9 Å². The van der Waals surface area contributed by atoms with Gasteiger partial charge in [-0.1, -0.05) is 0 Å². The molecule has 0 aliphatic rings. The molecule has 1 heterocycles. The van der Waals surface area contributed by atoms with Crippen molar-refractivity contribution < 1.29 is 14.5 Å². The number of nitrogens with zero attached hydrogens (tertiary/aromatic N) is 2. The van der Waals surface area contributed by atoms with E-state index in [0.29, 0.717) is 59.6 Å². The van der Waals surface area contributed by atoms with E-state index in [1.165, 1.54) is 16.7 Å². The van der Waals surface area contributed by atoms with Gasteiger partial charge in [-0.3, -0.25) is 24.3 Å². The number of H-pyrrole nitrogens is 1. The Morgan fingerprint density at radius 2 is 1.97 bits per heavy atom. The van der Waals surface area contributed by atoms with Crippen LogP contribution >= 0.6 is 12.2 Å². The number of nitro benzene ring substituents is 1. The summed E-state index contributed by atoms with van der Waals surface area (Å²) in [5.41, 5.74) is 1.42. The van der Waals surface area contributed by atoms with Crippen LogP contribution in [0.4, 0.5) is 11.4 Å². The molecule has 2 aromatic carbocycles. The second-order valence-electron chi connectivity index (χ2n) is 6.98. The lowest BCUT2D eigenvalue weighted by atomic mass is 10.1. The molecule has 1 aromatic heterocycles. The fourth-order valence-corrected chi connectivity index (χ4v) is 3.44. The number of methoxy groups -OCH3 is 1. The van der Waals surface area contributed by atoms with E-state index in [1.807, 2.05) is 0 Å². The van der Waals surface area contributed by atoms with Gasteiger partial charge in [-0.05, 0) is 49.0 Å². The smallest absolute Gasteiger partial charge is 0.269 e. The van der Waals surface area contributed by atoms with Crippen molar-refractivity contribution in [3.05, 3.63) is 73.3 Å². The average Bonchev–Trinajstić information content (AvgIpc) is 2.78. The highest BCUT2D eigenvalue weighted by atomic mass is 32.1. The number of amides is 1. The van der Waals surface area contributed by atoms with Crippen LogP contribution in [0.5, 0.6) is 0 Å². The Balaban J connectivity index is 1.61. The zero-order chi connectivity index (χ0) is 23.1. The van der Waals surface area contributed by atoms with Crippen molar-refractivity contribution in [1.82, 2.24) is 14.9 Å². The van der Waals surface area contributed by atoms with E-state index in [4.69, 9.17) is 17.0 Å². The minimum atomic E-state index is -0.462. The fourth-order valence-electron chi connectivity index (χ4n) is 3.15. The lowest BCUT2D eigenvalue weighted by molar-refractivity contribution is -0.384. The van der Waals surface area contributed by atoms with Crippen molar-refractivity contribution in [3.8, 4) is 0 Å². The standard InChI is InChI=1S/C21H23N5O5S/c1-31-12-2-11-25-20(28)17-8-3-14(13-18(17)24-21(25)32)19(27)23-10-9-22-15-4-6-16(7-5-15)26(29)30/h3-8,13,22H,2,9-12H2,1H3,(H,23,27)(H,24,32). The Labute approximate surface area is 188 Å². The van der Waals surface area contributed by atoms with Crippen LogP contribution in [-0.2, 0) is 11.3 Å². The number of hydrogen-bond acceptors (Lipinski definition) is 7. The molecule has 32 heavy (non-hydrogen) atoms. The van der Waals surface area contributed by atoms with Gasteiger partial charge in [0.2, 0.25) is 0 Å². The zero-order valence-electron chi connectivity index (χ0n) is 17.4. The predicted molar refractivity (Wildman–Crippen MR) is 124 cm³/mol. The van der Waals surface area contributed by atoms with Gasteiger partial charge in [-0.15, -0.1) is 0 Å². The first kappa shape index (κ1) is 23.1. The van der Waals surface area contributed by atoms with Gasteiger partial charge in [-0.25, -0.2) is 0 Å². The molecule has 0 bridgehead atoms. The highest BCUT2D eigenvalue weighted by Gasteiger charge is 2.10. The molecule has 0 saturated carbocycles. The SMILES string of the molecule is COCCCn1c(=S)[nH]c2cc(C(=O)NCCNc3ccc([N+](=O)[O-])cc3)ccc2c1=O. The predicted octanol–water partition coefficient (Wildman–Crippen LogP) is 2.85. The number of fused-ring (bicyclic) bond motifs is 1. The molecular weight excluding hydrogens is 434 g/mol. The number of carbonyl (C=O) groups is 1. The van der Waals surface area contributed by atoms with Gasteiger partial charge in [0.25, 0.3) is 17.2 Å². The number of non-ortho nitro benzene ring substituents is 1.